The monoisotopic (exact) mass is 420 g/mol. The van der Waals surface area contributed by atoms with E-state index in [0.29, 0.717) is 36.3 Å². The van der Waals surface area contributed by atoms with Crippen LogP contribution in [0.3, 0.4) is 0 Å². The highest BCUT2D eigenvalue weighted by Gasteiger charge is 2.26. The molecule has 1 aromatic carbocycles. The maximum Gasteiger partial charge on any atom is 0.321 e. The largest absolute Gasteiger partial charge is 0.458 e. The number of amides is 2. The van der Waals surface area contributed by atoms with Gasteiger partial charge < -0.3 is 24.4 Å². The van der Waals surface area contributed by atoms with E-state index in [0.717, 1.165) is 17.3 Å². The molecule has 136 valence electrons. The first-order chi connectivity index (χ1) is 12.7. The topological polar surface area (TPSA) is 85.8 Å². The fraction of sp³-hybridized carbons (Fsp3) is 0.353. The summed E-state index contributed by atoms with van der Waals surface area (Å²) in [6, 6.07) is 5.47. The van der Waals surface area contributed by atoms with Gasteiger partial charge in [0.05, 0.1) is 11.0 Å². The van der Waals surface area contributed by atoms with Crippen LogP contribution < -0.4 is 19.5 Å². The minimum Gasteiger partial charge on any atom is -0.458 e. The molecule has 2 aliphatic heterocycles. The number of nitrogens with one attached hydrogen (secondary N) is 1. The number of likely N-dealkylation sites (tertiary alicyclic amines) is 1. The molecule has 0 bridgehead atoms. The highest BCUT2D eigenvalue weighted by atomic mass is 79.9. The van der Waals surface area contributed by atoms with Gasteiger partial charge in [-0.1, -0.05) is 0 Å². The summed E-state index contributed by atoms with van der Waals surface area (Å²) in [6.07, 6.45) is 4.85. The number of ether oxygens (including phenoxy) is 3. The average Bonchev–Trinajstić information content (AvgIpc) is 3.12. The molecule has 1 unspecified atom stereocenters. The maximum absolute atomic E-state index is 12.6. The van der Waals surface area contributed by atoms with Gasteiger partial charge >= 0.3 is 12.0 Å². The zero-order valence-electron chi connectivity index (χ0n) is 13.9. The SMILES string of the molecule is O=C(Nc1ccc2c(c1)OCO2)N1CCCC(Oc2ncc(Br)cn2)C1. The lowest BCUT2D eigenvalue weighted by molar-refractivity contribution is 0.0982. The number of aromatic nitrogens is 2. The van der Waals surface area contributed by atoms with Gasteiger partial charge in [0.1, 0.15) is 6.10 Å². The van der Waals surface area contributed by atoms with Crippen LogP contribution in [0.15, 0.2) is 35.1 Å². The Kier molecular flexibility index (Phi) is 4.79. The lowest BCUT2D eigenvalue weighted by Crippen LogP contribution is -2.46. The Labute approximate surface area is 158 Å². The van der Waals surface area contributed by atoms with Crippen LogP contribution in [0.4, 0.5) is 10.5 Å². The van der Waals surface area contributed by atoms with Crippen LogP contribution in [0.25, 0.3) is 0 Å². The van der Waals surface area contributed by atoms with Gasteiger partial charge in [-0.25, -0.2) is 14.8 Å². The van der Waals surface area contributed by atoms with Crippen LogP contribution in [0.5, 0.6) is 17.5 Å². The zero-order valence-corrected chi connectivity index (χ0v) is 15.4. The summed E-state index contributed by atoms with van der Waals surface area (Å²) < 4.78 is 17.2. The van der Waals surface area contributed by atoms with Gasteiger partial charge in [0.15, 0.2) is 11.5 Å². The van der Waals surface area contributed by atoms with Crippen LogP contribution in [-0.4, -0.2) is 46.9 Å². The second-order valence-corrected chi connectivity index (χ2v) is 6.93. The molecule has 1 saturated heterocycles. The molecular weight excluding hydrogens is 404 g/mol. The van der Waals surface area contributed by atoms with Crippen molar-refractivity contribution in [2.45, 2.75) is 18.9 Å². The van der Waals surface area contributed by atoms with Crippen molar-refractivity contribution in [2.75, 3.05) is 25.2 Å². The number of halogens is 1. The van der Waals surface area contributed by atoms with Crippen molar-refractivity contribution >= 4 is 27.6 Å². The van der Waals surface area contributed by atoms with Crippen molar-refractivity contribution in [1.82, 2.24) is 14.9 Å². The predicted molar refractivity (Wildman–Crippen MR) is 96.5 cm³/mol. The first-order valence-corrected chi connectivity index (χ1v) is 9.06. The van der Waals surface area contributed by atoms with Crippen molar-refractivity contribution in [3.63, 3.8) is 0 Å². The molecule has 9 heteroatoms. The minimum atomic E-state index is -0.172. The van der Waals surface area contributed by atoms with Crippen LogP contribution in [0.2, 0.25) is 0 Å². The molecule has 3 heterocycles. The lowest BCUT2D eigenvalue weighted by Gasteiger charge is -2.32. The molecule has 0 spiro atoms. The smallest absolute Gasteiger partial charge is 0.321 e. The number of anilines is 1. The van der Waals surface area contributed by atoms with E-state index in [4.69, 9.17) is 14.2 Å². The van der Waals surface area contributed by atoms with Crippen LogP contribution in [-0.2, 0) is 0 Å². The van der Waals surface area contributed by atoms with E-state index < -0.39 is 0 Å². The number of piperidine rings is 1. The number of carbonyl (C=O) groups is 1. The third-order valence-corrected chi connectivity index (χ3v) is 4.57. The summed E-state index contributed by atoms with van der Waals surface area (Å²) in [6.45, 7) is 1.36. The molecule has 0 radical (unpaired) electrons. The molecule has 8 nitrogen and oxygen atoms in total. The first kappa shape index (κ1) is 16.9. The molecule has 26 heavy (non-hydrogen) atoms. The lowest BCUT2D eigenvalue weighted by atomic mass is 10.1. The highest BCUT2D eigenvalue weighted by Crippen LogP contribution is 2.34. The Morgan fingerprint density at radius 1 is 1.27 bits per heavy atom. The van der Waals surface area contributed by atoms with E-state index in [1.54, 1.807) is 35.5 Å². The molecule has 2 aliphatic rings. The fourth-order valence-corrected chi connectivity index (χ4v) is 3.11. The molecule has 1 aromatic heterocycles. The summed E-state index contributed by atoms with van der Waals surface area (Å²) in [5.74, 6) is 1.32. The number of rotatable bonds is 3. The van der Waals surface area contributed by atoms with E-state index >= 15 is 0 Å². The Morgan fingerprint density at radius 2 is 2.08 bits per heavy atom. The third-order valence-electron chi connectivity index (χ3n) is 4.16. The van der Waals surface area contributed by atoms with Gasteiger partial charge in [-0.15, -0.1) is 0 Å². The van der Waals surface area contributed by atoms with Gasteiger partial charge in [-0.05, 0) is 40.9 Å². The molecule has 1 atom stereocenters. The quantitative estimate of drug-likeness (QED) is 0.820. The van der Waals surface area contributed by atoms with Gasteiger partial charge in [-0.3, -0.25) is 0 Å². The van der Waals surface area contributed by atoms with E-state index in [9.17, 15) is 4.79 Å². The molecule has 0 saturated carbocycles. The third kappa shape index (κ3) is 3.82. The molecule has 0 aliphatic carbocycles. The van der Waals surface area contributed by atoms with E-state index in [1.807, 2.05) is 0 Å². The van der Waals surface area contributed by atoms with Crippen LogP contribution in [0.1, 0.15) is 12.8 Å². The molecule has 2 amide bonds. The summed E-state index contributed by atoms with van der Waals surface area (Å²) in [4.78, 5) is 22.5. The van der Waals surface area contributed by atoms with Crippen molar-refractivity contribution < 1.29 is 19.0 Å². The second-order valence-electron chi connectivity index (χ2n) is 6.01. The van der Waals surface area contributed by atoms with Crippen molar-refractivity contribution in [1.29, 1.82) is 0 Å². The zero-order chi connectivity index (χ0) is 17.9. The first-order valence-electron chi connectivity index (χ1n) is 8.27. The van der Waals surface area contributed by atoms with Crippen LogP contribution >= 0.6 is 15.9 Å². The average molecular weight is 421 g/mol. The predicted octanol–water partition coefficient (Wildman–Crippen LogP) is 3.04. The Hall–Kier alpha value is -2.55. The Morgan fingerprint density at radius 3 is 2.92 bits per heavy atom. The minimum absolute atomic E-state index is 0.132. The highest BCUT2D eigenvalue weighted by molar-refractivity contribution is 9.10. The van der Waals surface area contributed by atoms with E-state index in [2.05, 4.69) is 31.2 Å². The van der Waals surface area contributed by atoms with E-state index in [1.165, 1.54) is 0 Å². The number of hydrogen-bond acceptors (Lipinski definition) is 6. The standard InChI is InChI=1S/C17H17BrN4O4/c18-11-7-19-16(20-8-11)26-13-2-1-5-22(9-13)17(23)21-12-3-4-14-15(6-12)25-10-24-14/h3-4,6-8,13H,1-2,5,9-10H2,(H,21,23). The Balaban J connectivity index is 1.36. The normalized spacial score (nSPS) is 18.5. The summed E-state index contributed by atoms with van der Waals surface area (Å²) in [5, 5.41) is 2.89. The number of benzene rings is 1. The molecule has 1 fully saturated rings. The van der Waals surface area contributed by atoms with Gasteiger partial charge in [0.2, 0.25) is 6.79 Å². The van der Waals surface area contributed by atoms with Gasteiger partial charge in [0, 0.05) is 30.7 Å². The Bertz CT molecular complexity index is 802. The number of fused-ring (bicyclic) bond motifs is 1. The van der Waals surface area contributed by atoms with Gasteiger partial charge in [-0.2, -0.15) is 0 Å². The summed E-state index contributed by atoms with van der Waals surface area (Å²) in [7, 11) is 0. The van der Waals surface area contributed by atoms with Gasteiger partial charge in [0.25, 0.3) is 0 Å². The summed E-state index contributed by atoms with van der Waals surface area (Å²) in [5.41, 5.74) is 0.665. The molecule has 4 rings (SSSR count). The number of nitrogens with zero attached hydrogens (tertiary/aromatic N) is 3. The maximum atomic E-state index is 12.6. The summed E-state index contributed by atoms with van der Waals surface area (Å²) >= 11 is 3.29. The number of carbonyl (C=O) groups excluding carboxylic acids is 1. The van der Waals surface area contributed by atoms with Crippen molar-refractivity contribution in [2.24, 2.45) is 0 Å². The molecular formula is C17H17BrN4O4. The van der Waals surface area contributed by atoms with Crippen molar-refractivity contribution in [3.8, 4) is 17.5 Å². The van der Waals surface area contributed by atoms with Crippen molar-refractivity contribution in [3.05, 3.63) is 35.1 Å². The van der Waals surface area contributed by atoms with Crippen LogP contribution in [0, 0.1) is 0 Å². The number of hydrogen-bond donors (Lipinski definition) is 1. The fourth-order valence-electron chi connectivity index (χ4n) is 2.91. The number of urea groups is 1. The molecule has 1 N–H and O–H groups in total. The second kappa shape index (κ2) is 7.36. The van der Waals surface area contributed by atoms with E-state index in [-0.39, 0.29) is 18.9 Å². The molecule has 2 aromatic rings.